The molecule has 2 heterocycles. The molecule has 5 nitrogen and oxygen atoms in total. The van der Waals surface area contributed by atoms with Crippen LogP contribution < -0.4 is 5.32 Å². The fraction of sp³-hybridized carbons (Fsp3) is 0.929. The van der Waals surface area contributed by atoms with Crippen LogP contribution >= 0.6 is 0 Å². The summed E-state index contributed by atoms with van der Waals surface area (Å²) in [6.45, 7) is 8.72. The monoisotopic (exact) mass is 270 g/mol. The standard InChI is InChI=1S/C14H26N2O3/c1-11(13(17)16-7-5-4-6-8-16)15-12-9-18-14(2,3)19-10-12/h11-12,15H,4-10H2,1-3H3. The number of ether oxygens (including phenoxy) is 2. The molecular weight excluding hydrogens is 244 g/mol. The quantitative estimate of drug-likeness (QED) is 0.835. The number of nitrogens with one attached hydrogen (secondary N) is 1. The van der Waals surface area contributed by atoms with E-state index in [0.717, 1.165) is 25.9 Å². The molecule has 1 unspecified atom stereocenters. The van der Waals surface area contributed by atoms with Crippen molar-refractivity contribution in [2.75, 3.05) is 26.3 Å². The molecule has 0 aromatic heterocycles. The van der Waals surface area contributed by atoms with Gasteiger partial charge in [-0.2, -0.15) is 0 Å². The largest absolute Gasteiger partial charge is 0.349 e. The van der Waals surface area contributed by atoms with Crippen molar-refractivity contribution in [2.24, 2.45) is 0 Å². The molecule has 2 fully saturated rings. The van der Waals surface area contributed by atoms with Crippen LogP contribution in [0.25, 0.3) is 0 Å². The van der Waals surface area contributed by atoms with Gasteiger partial charge in [-0.1, -0.05) is 0 Å². The van der Waals surface area contributed by atoms with Gasteiger partial charge in [0, 0.05) is 13.1 Å². The summed E-state index contributed by atoms with van der Waals surface area (Å²) in [6, 6.07) is -0.0757. The van der Waals surface area contributed by atoms with Gasteiger partial charge in [0.25, 0.3) is 0 Å². The molecule has 19 heavy (non-hydrogen) atoms. The predicted octanol–water partition coefficient (Wildman–Crippen LogP) is 1.13. The first-order chi connectivity index (χ1) is 8.98. The van der Waals surface area contributed by atoms with Gasteiger partial charge in [0.05, 0.1) is 25.3 Å². The molecule has 2 aliphatic heterocycles. The van der Waals surface area contributed by atoms with Crippen LogP contribution in [0.3, 0.4) is 0 Å². The third kappa shape index (κ3) is 4.16. The van der Waals surface area contributed by atoms with Gasteiger partial charge >= 0.3 is 0 Å². The van der Waals surface area contributed by atoms with Crippen LogP contribution in [0.5, 0.6) is 0 Å². The summed E-state index contributed by atoms with van der Waals surface area (Å²) in [5.41, 5.74) is 0. The SMILES string of the molecule is CC(NC1COC(C)(C)OC1)C(=O)N1CCCCC1. The Labute approximate surface area is 115 Å². The minimum absolute atomic E-state index is 0.0942. The van der Waals surface area contributed by atoms with Gasteiger partial charge in [-0.15, -0.1) is 0 Å². The zero-order valence-corrected chi connectivity index (χ0v) is 12.3. The van der Waals surface area contributed by atoms with Crippen molar-refractivity contribution >= 4 is 5.91 Å². The van der Waals surface area contributed by atoms with Crippen molar-refractivity contribution in [2.45, 2.75) is 57.9 Å². The van der Waals surface area contributed by atoms with Gasteiger partial charge in [0.2, 0.25) is 5.91 Å². The Balaban J connectivity index is 1.77. The number of amides is 1. The molecule has 5 heteroatoms. The van der Waals surface area contributed by atoms with E-state index in [1.165, 1.54) is 6.42 Å². The Kier molecular flexibility index (Phi) is 4.81. The van der Waals surface area contributed by atoms with Crippen LogP contribution in [0.2, 0.25) is 0 Å². The maximum atomic E-state index is 12.3. The molecule has 0 aromatic carbocycles. The second-order valence-electron chi connectivity index (χ2n) is 5.99. The molecule has 0 bridgehead atoms. The highest BCUT2D eigenvalue weighted by molar-refractivity contribution is 5.81. The second-order valence-corrected chi connectivity index (χ2v) is 5.99. The Bertz CT molecular complexity index is 304. The van der Waals surface area contributed by atoms with E-state index in [1.54, 1.807) is 0 Å². The molecule has 0 saturated carbocycles. The number of rotatable bonds is 3. The summed E-state index contributed by atoms with van der Waals surface area (Å²) in [6.07, 6.45) is 3.50. The molecular formula is C14H26N2O3. The third-order valence-electron chi connectivity index (χ3n) is 3.79. The number of piperidine rings is 1. The number of carbonyl (C=O) groups is 1. The Morgan fingerprint density at radius 3 is 2.37 bits per heavy atom. The van der Waals surface area contributed by atoms with Gasteiger partial charge < -0.3 is 14.4 Å². The van der Waals surface area contributed by atoms with Crippen LogP contribution in [-0.2, 0) is 14.3 Å². The molecule has 2 aliphatic rings. The number of hydrogen-bond donors (Lipinski definition) is 1. The summed E-state index contributed by atoms with van der Waals surface area (Å²) in [5, 5.41) is 3.31. The average molecular weight is 270 g/mol. The molecule has 2 rings (SSSR count). The first-order valence-electron chi connectivity index (χ1n) is 7.31. The Hall–Kier alpha value is -0.650. The summed E-state index contributed by atoms with van der Waals surface area (Å²) in [4.78, 5) is 14.2. The van der Waals surface area contributed by atoms with Crippen LogP contribution in [-0.4, -0.2) is 55.0 Å². The highest BCUT2D eigenvalue weighted by Gasteiger charge is 2.30. The highest BCUT2D eigenvalue weighted by atomic mass is 16.7. The van der Waals surface area contributed by atoms with Crippen LogP contribution in [0.4, 0.5) is 0 Å². The molecule has 2 saturated heterocycles. The normalized spacial score (nSPS) is 26.2. The Morgan fingerprint density at radius 1 is 1.21 bits per heavy atom. The molecule has 1 amide bonds. The van der Waals surface area contributed by atoms with E-state index >= 15 is 0 Å². The zero-order chi connectivity index (χ0) is 13.9. The lowest BCUT2D eigenvalue weighted by Gasteiger charge is -2.37. The van der Waals surface area contributed by atoms with E-state index in [1.807, 2.05) is 25.7 Å². The van der Waals surface area contributed by atoms with Gasteiger partial charge in [0.1, 0.15) is 0 Å². The number of carbonyl (C=O) groups excluding carboxylic acids is 1. The van der Waals surface area contributed by atoms with Crippen molar-refractivity contribution in [3.63, 3.8) is 0 Å². The second kappa shape index (κ2) is 6.20. The first-order valence-corrected chi connectivity index (χ1v) is 7.31. The van der Waals surface area contributed by atoms with Gasteiger partial charge in [0.15, 0.2) is 5.79 Å². The van der Waals surface area contributed by atoms with Crippen molar-refractivity contribution in [1.29, 1.82) is 0 Å². The molecule has 110 valence electrons. The third-order valence-corrected chi connectivity index (χ3v) is 3.79. The summed E-state index contributed by atoms with van der Waals surface area (Å²) < 4.78 is 11.2. The lowest BCUT2D eigenvalue weighted by Crippen LogP contribution is -2.55. The van der Waals surface area contributed by atoms with E-state index in [0.29, 0.717) is 13.2 Å². The van der Waals surface area contributed by atoms with E-state index < -0.39 is 5.79 Å². The van der Waals surface area contributed by atoms with E-state index in [-0.39, 0.29) is 18.0 Å². The smallest absolute Gasteiger partial charge is 0.239 e. The fourth-order valence-corrected chi connectivity index (χ4v) is 2.60. The molecule has 0 aromatic rings. The van der Waals surface area contributed by atoms with E-state index in [9.17, 15) is 4.79 Å². The van der Waals surface area contributed by atoms with Gasteiger partial charge in [-0.05, 0) is 40.0 Å². The molecule has 0 spiro atoms. The first kappa shape index (κ1) is 14.8. The molecule has 1 atom stereocenters. The van der Waals surface area contributed by atoms with E-state index in [4.69, 9.17) is 9.47 Å². The van der Waals surface area contributed by atoms with Crippen molar-refractivity contribution < 1.29 is 14.3 Å². The van der Waals surface area contributed by atoms with Gasteiger partial charge in [-0.25, -0.2) is 0 Å². The van der Waals surface area contributed by atoms with E-state index in [2.05, 4.69) is 5.32 Å². The van der Waals surface area contributed by atoms with Crippen LogP contribution in [0.1, 0.15) is 40.0 Å². The number of hydrogen-bond acceptors (Lipinski definition) is 4. The highest BCUT2D eigenvalue weighted by Crippen LogP contribution is 2.17. The predicted molar refractivity (Wildman–Crippen MR) is 72.8 cm³/mol. The lowest BCUT2D eigenvalue weighted by molar-refractivity contribution is -0.253. The minimum atomic E-state index is -0.502. The summed E-state index contributed by atoms with van der Waals surface area (Å²) in [7, 11) is 0. The Morgan fingerprint density at radius 2 is 1.79 bits per heavy atom. The topological polar surface area (TPSA) is 50.8 Å². The minimum Gasteiger partial charge on any atom is -0.349 e. The molecule has 0 aliphatic carbocycles. The van der Waals surface area contributed by atoms with Crippen molar-refractivity contribution in [3.05, 3.63) is 0 Å². The maximum absolute atomic E-state index is 12.3. The van der Waals surface area contributed by atoms with Gasteiger partial charge in [-0.3, -0.25) is 10.1 Å². The molecule has 1 N–H and O–H groups in total. The zero-order valence-electron chi connectivity index (χ0n) is 12.3. The van der Waals surface area contributed by atoms with Crippen molar-refractivity contribution in [3.8, 4) is 0 Å². The molecule has 0 radical (unpaired) electrons. The fourth-order valence-electron chi connectivity index (χ4n) is 2.60. The average Bonchev–Trinajstić information content (AvgIpc) is 2.41. The maximum Gasteiger partial charge on any atom is 0.239 e. The number of nitrogens with zero attached hydrogens (tertiary/aromatic N) is 1. The van der Waals surface area contributed by atoms with Crippen LogP contribution in [0.15, 0.2) is 0 Å². The van der Waals surface area contributed by atoms with Crippen molar-refractivity contribution in [1.82, 2.24) is 10.2 Å². The number of likely N-dealkylation sites (tertiary alicyclic amines) is 1. The summed E-state index contributed by atoms with van der Waals surface area (Å²) in [5.74, 6) is -0.303. The summed E-state index contributed by atoms with van der Waals surface area (Å²) >= 11 is 0. The van der Waals surface area contributed by atoms with Crippen LogP contribution in [0, 0.1) is 0 Å². The lowest BCUT2D eigenvalue weighted by atomic mass is 10.1.